The van der Waals surface area contributed by atoms with Crippen LogP contribution in [0.5, 0.6) is 0 Å². The lowest BCUT2D eigenvalue weighted by Crippen LogP contribution is -2.01. The zero-order valence-corrected chi connectivity index (χ0v) is 8.14. The molecule has 0 spiro atoms. The summed E-state index contributed by atoms with van der Waals surface area (Å²) in [6, 6.07) is 0. The highest BCUT2D eigenvalue weighted by molar-refractivity contribution is 5.94. The highest BCUT2D eigenvalue weighted by atomic mass is 16.5. The normalized spacial score (nSPS) is 21.7. The molecular weight excluding hydrogens is 164 g/mol. The van der Waals surface area contributed by atoms with Crippen molar-refractivity contribution < 1.29 is 9.53 Å². The van der Waals surface area contributed by atoms with Crippen molar-refractivity contribution in [2.45, 2.75) is 39.5 Å². The van der Waals surface area contributed by atoms with Crippen LogP contribution in [0.3, 0.4) is 0 Å². The first-order valence-corrected chi connectivity index (χ1v) is 4.82. The van der Waals surface area contributed by atoms with Gasteiger partial charge < -0.3 is 4.74 Å². The van der Waals surface area contributed by atoms with Crippen molar-refractivity contribution >= 4 is 5.97 Å². The van der Waals surface area contributed by atoms with E-state index >= 15 is 0 Å². The van der Waals surface area contributed by atoms with Crippen molar-refractivity contribution in [1.82, 2.24) is 0 Å². The van der Waals surface area contributed by atoms with E-state index in [9.17, 15) is 4.79 Å². The molecule has 2 rings (SSSR count). The average Bonchev–Trinajstić information content (AvgIpc) is 2.45. The van der Waals surface area contributed by atoms with Gasteiger partial charge in [-0.2, -0.15) is 0 Å². The van der Waals surface area contributed by atoms with Gasteiger partial charge >= 0.3 is 5.97 Å². The smallest absolute Gasteiger partial charge is 0.339 e. The minimum Gasteiger partial charge on any atom is -0.423 e. The molecule has 0 fully saturated rings. The van der Waals surface area contributed by atoms with Crippen molar-refractivity contribution in [2.75, 3.05) is 0 Å². The summed E-state index contributed by atoms with van der Waals surface area (Å²) in [7, 11) is 0. The standard InChI is InChI=1S/C11H14O2/c1-7(2)10-8-5-3-4-6-9(8)11(12)13-10/h3-6H2,1-2H3. The van der Waals surface area contributed by atoms with Crippen LogP contribution in [-0.2, 0) is 9.53 Å². The molecule has 1 aliphatic carbocycles. The van der Waals surface area contributed by atoms with Crippen LogP contribution in [0, 0.1) is 0 Å². The predicted octanol–water partition coefficient (Wildman–Crippen LogP) is 2.71. The summed E-state index contributed by atoms with van der Waals surface area (Å²) in [4.78, 5) is 11.4. The molecule has 13 heavy (non-hydrogen) atoms. The van der Waals surface area contributed by atoms with E-state index in [-0.39, 0.29) is 5.97 Å². The number of carbonyl (C=O) groups excluding carboxylic acids is 1. The molecular formula is C11H14O2. The number of allylic oxidation sites excluding steroid dienone is 2. The maximum absolute atomic E-state index is 11.4. The van der Waals surface area contributed by atoms with Gasteiger partial charge in [-0.15, -0.1) is 0 Å². The van der Waals surface area contributed by atoms with E-state index in [0.29, 0.717) is 0 Å². The number of carbonyl (C=O) groups is 1. The molecule has 2 heteroatoms. The largest absolute Gasteiger partial charge is 0.423 e. The summed E-state index contributed by atoms with van der Waals surface area (Å²) in [5.41, 5.74) is 3.22. The Morgan fingerprint density at radius 3 is 2.38 bits per heavy atom. The first-order chi connectivity index (χ1) is 6.20. The Labute approximate surface area is 78.3 Å². The van der Waals surface area contributed by atoms with E-state index in [1.807, 2.05) is 13.8 Å². The summed E-state index contributed by atoms with van der Waals surface area (Å²) in [6.07, 6.45) is 4.24. The molecule has 0 saturated heterocycles. The molecule has 0 aromatic rings. The second-order valence-electron chi connectivity index (χ2n) is 3.88. The molecule has 0 unspecified atom stereocenters. The Morgan fingerprint density at radius 1 is 1.15 bits per heavy atom. The van der Waals surface area contributed by atoms with Gasteiger partial charge in [0.15, 0.2) is 0 Å². The van der Waals surface area contributed by atoms with Crippen molar-refractivity contribution in [3.63, 3.8) is 0 Å². The SMILES string of the molecule is CC(C)=C1OC(=O)C2=C1CCCC2. The van der Waals surface area contributed by atoms with E-state index in [4.69, 9.17) is 4.74 Å². The number of cyclic esters (lactones) is 1. The zero-order chi connectivity index (χ0) is 9.42. The minimum absolute atomic E-state index is 0.106. The molecule has 1 heterocycles. The van der Waals surface area contributed by atoms with Gasteiger partial charge in [-0.05, 0) is 45.1 Å². The Kier molecular flexibility index (Phi) is 1.98. The maximum atomic E-state index is 11.4. The second kappa shape index (κ2) is 3.02. The van der Waals surface area contributed by atoms with E-state index < -0.39 is 0 Å². The Balaban J connectivity index is 2.45. The van der Waals surface area contributed by atoms with Crippen molar-refractivity contribution in [1.29, 1.82) is 0 Å². The van der Waals surface area contributed by atoms with Crippen LogP contribution < -0.4 is 0 Å². The fourth-order valence-corrected chi connectivity index (χ4v) is 2.00. The Hall–Kier alpha value is -1.05. The number of hydrogen-bond donors (Lipinski definition) is 0. The molecule has 0 amide bonds. The van der Waals surface area contributed by atoms with Gasteiger partial charge in [0, 0.05) is 11.1 Å². The number of ether oxygens (including phenoxy) is 1. The van der Waals surface area contributed by atoms with Gasteiger partial charge in [-0.3, -0.25) is 0 Å². The average molecular weight is 178 g/mol. The molecule has 2 aliphatic rings. The number of rotatable bonds is 0. The molecule has 0 bridgehead atoms. The highest BCUT2D eigenvalue weighted by Crippen LogP contribution is 2.37. The van der Waals surface area contributed by atoms with Crippen molar-refractivity contribution in [2.24, 2.45) is 0 Å². The third kappa shape index (κ3) is 1.30. The maximum Gasteiger partial charge on any atom is 0.339 e. The monoisotopic (exact) mass is 178 g/mol. The summed E-state index contributed by atoms with van der Waals surface area (Å²) in [5.74, 6) is 0.741. The van der Waals surface area contributed by atoms with Gasteiger partial charge in [0.05, 0.1) is 0 Å². The fraction of sp³-hybridized carbons (Fsp3) is 0.545. The first kappa shape index (κ1) is 8.54. The van der Waals surface area contributed by atoms with Crippen LogP contribution in [0.15, 0.2) is 22.5 Å². The van der Waals surface area contributed by atoms with E-state index in [2.05, 4.69) is 0 Å². The van der Waals surface area contributed by atoms with Crippen molar-refractivity contribution in [3.8, 4) is 0 Å². The first-order valence-electron chi connectivity index (χ1n) is 4.82. The molecule has 0 aromatic carbocycles. The van der Waals surface area contributed by atoms with Gasteiger partial charge in [0.2, 0.25) is 0 Å². The molecule has 70 valence electrons. The summed E-state index contributed by atoms with van der Waals surface area (Å²) >= 11 is 0. The van der Waals surface area contributed by atoms with E-state index in [1.165, 1.54) is 12.0 Å². The third-order valence-corrected chi connectivity index (χ3v) is 2.64. The molecule has 1 aliphatic heterocycles. The molecule has 0 aromatic heterocycles. The third-order valence-electron chi connectivity index (χ3n) is 2.64. The van der Waals surface area contributed by atoms with Crippen LogP contribution in [0.2, 0.25) is 0 Å². The second-order valence-corrected chi connectivity index (χ2v) is 3.88. The Morgan fingerprint density at radius 2 is 1.77 bits per heavy atom. The molecule has 0 saturated carbocycles. The minimum atomic E-state index is -0.106. The zero-order valence-electron chi connectivity index (χ0n) is 8.14. The molecule has 0 atom stereocenters. The summed E-state index contributed by atoms with van der Waals surface area (Å²) in [5, 5.41) is 0. The highest BCUT2D eigenvalue weighted by Gasteiger charge is 2.31. The quantitative estimate of drug-likeness (QED) is 0.533. The van der Waals surface area contributed by atoms with E-state index in [1.54, 1.807) is 0 Å². The number of hydrogen-bond acceptors (Lipinski definition) is 2. The van der Waals surface area contributed by atoms with Gasteiger partial charge in [-0.1, -0.05) is 0 Å². The summed E-state index contributed by atoms with van der Waals surface area (Å²) < 4.78 is 5.24. The Bertz CT molecular complexity index is 317. The van der Waals surface area contributed by atoms with Crippen molar-refractivity contribution in [3.05, 3.63) is 22.5 Å². The van der Waals surface area contributed by atoms with Gasteiger partial charge in [-0.25, -0.2) is 4.79 Å². The van der Waals surface area contributed by atoms with Crippen LogP contribution in [0.25, 0.3) is 0 Å². The van der Waals surface area contributed by atoms with E-state index in [0.717, 1.165) is 36.2 Å². The van der Waals surface area contributed by atoms with Crippen LogP contribution in [-0.4, -0.2) is 5.97 Å². The van der Waals surface area contributed by atoms with Gasteiger partial charge in [0.25, 0.3) is 0 Å². The topological polar surface area (TPSA) is 26.3 Å². The lowest BCUT2D eigenvalue weighted by molar-refractivity contribution is -0.133. The van der Waals surface area contributed by atoms with Crippen LogP contribution in [0.1, 0.15) is 39.5 Å². The predicted molar refractivity (Wildman–Crippen MR) is 50.0 cm³/mol. The summed E-state index contributed by atoms with van der Waals surface area (Å²) in [6.45, 7) is 3.99. The fourth-order valence-electron chi connectivity index (χ4n) is 2.00. The lowest BCUT2D eigenvalue weighted by atomic mass is 9.91. The van der Waals surface area contributed by atoms with Crippen LogP contribution >= 0.6 is 0 Å². The molecule has 0 radical (unpaired) electrons. The van der Waals surface area contributed by atoms with Gasteiger partial charge in [0.1, 0.15) is 5.76 Å². The van der Waals surface area contributed by atoms with Crippen LogP contribution in [0.4, 0.5) is 0 Å². The molecule has 0 N–H and O–H groups in total. The lowest BCUT2D eigenvalue weighted by Gasteiger charge is -2.10. The molecule has 2 nitrogen and oxygen atoms in total. The number of esters is 1.